The molecule has 112 valence electrons. The van der Waals surface area contributed by atoms with E-state index in [0.29, 0.717) is 12.3 Å². The highest BCUT2D eigenvalue weighted by Crippen LogP contribution is 2.46. The summed E-state index contributed by atoms with van der Waals surface area (Å²) >= 11 is 0. The zero-order valence-electron chi connectivity index (χ0n) is 13.2. The first-order valence-corrected chi connectivity index (χ1v) is 8.17. The number of pyridine rings is 1. The van der Waals surface area contributed by atoms with Crippen molar-refractivity contribution in [2.45, 2.75) is 71.8 Å². The first-order valence-electron chi connectivity index (χ1n) is 8.17. The lowest BCUT2D eigenvalue weighted by atomic mass is 9.72. The van der Waals surface area contributed by atoms with Crippen LogP contribution in [0.5, 0.6) is 0 Å². The van der Waals surface area contributed by atoms with Crippen LogP contribution in [-0.4, -0.2) is 16.2 Å². The van der Waals surface area contributed by atoms with Crippen molar-refractivity contribution in [3.63, 3.8) is 0 Å². The summed E-state index contributed by atoms with van der Waals surface area (Å²) < 4.78 is 0. The molecule has 2 nitrogen and oxygen atoms in total. The van der Waals surface area contributed by atoms with Gasteiger partial charge in [-0.25, -0.2) is 0 Å². The lowest BCUT2D eigenvalue weighted by molar-refractivity contribution is 0.0127. The molecule has 1 saturated carbocycles. The second-order valence-electron chi connectivity index (χ2n) is 6.90. The Kier molecular flexibility index (Phi) is 5.20. The first-order chi connectivity index (χ1) is 9.55. The second kappa shape index (κ2) is 6.71. The molecule has 0 radical (unpaired) electrons. The molecule has 0 aliphatic heterocycles. The maximum absolute atomic E-state index is 10.8. The van der Waals surface area contributed by atoms with Crippen molar-refractivity contribution in [2.75, 3.05) is 0 Å². The minimum absolute atomic E-state index is 0.138. The van der Waals surface area contributed by atoms with Gasteiger partial charge in [-0.1, -0.05) is 39.7 Å². The van der Waals surface area contributed by atoms with Crippen LogP contribution in [0.15, 0.2) is 18.3 Å². The third-order valence-electron chi connectivity index (χ3n) is 4.82. The minimum atomic E-state index is -0.243. The minimum Gasteiger partial charge on any atom is -0.392 e. The van der Waals surface area contributed by atoms with Gasteiger partial charge in [0.1, 0.15) is 0 Å². The van der Waals surface area contributed by atoms with Crippen LogP contribution in [0.1, 0.15) is 64.1 Å². The van der Waals surface area contributed by atoms with E-state index in [1.165, 1.54) is 31.2 Å². The van der Waals surface area contributed by atoms with Gasteiger partial charge >= 0.3 is 0 Å². The molecule has 1 aromatic rings. The van der Waals surface area contributed by atoms with Gasteiger partial charge < -0.3 is 5.11 Å². The maximum atomic E-state index is 10.8. The summed E-state index contributed by atoms with van der Waals surface area (Å²) in [4.78, 5) is 4.51. The van der Waals surface area contributed by atoms with Gasteiger partial charge in [-0.3, -0.25) is 4.98 Å². The summed E-state index contributed by atoms with van der Waals surface area (Å²) in [5.74, 6) is 0.651. The average Bonchev–Trinajstić information content (AvgIpc) is 2.88. The third kappa shape index (κ3) is 3.60. The van der Waals surface area contributed by atoms with Gasteiger partial charge in [0.25, 0.3) is 0 Å². The molecule has 1 aliphatic carbocycles. The van der Waals surface area contributed by atoms with Crippen molar-refractivity contribution >= 4 is 0 Å². The molecule has 0 saturated heterocycles. The number of aliphatic hydroxyl groups is 1. The molecule has 0 aromatic carbocycles. The van der Waals surface area contributed by atoms with E-state index in [9.17, 15) is 5.11 Å². The standard InChI is InChI=1S/C18H29NO/c1-4-15-7-8-16(19-13-15)11-17(20)18(12-14(2)3)9-5-6-10-18/h7-8,13-14,17,20H,4-6,9-12H2,1-3H3. The Labute approximate surface area is 123 Å². The van der Waals surface area contributed by atoms with E-state index in [-0.39, 0.29) is 11.5 Å². The fraction of sp³-hybridized carbons (Fsp3) is 0.722. The third-order valence-corrected chi connectivity index (χ3v) is 4.82. The van der Waals surface area contributed by atoms with E-state index in [1.807, 2.05) is 6.20 Å². The number of aromatic nitrogens is 1. The summed E-state index contributed by atoms with van der Waals surface area (Å²) in [5.41, 5.74) is 2.44. The van der Waals surface area contributed by atoms with Gasteiger partial charge in [-0.15, -0.1) is 0 Å². The molecule has 0 amide bonds. The first kappa shape index (κ1) is 15.5. The van der Waals surface area contributed by atoms with Crippen LogP contribution in [0.2, 0.25) is 0 Å². The molecule has 0 bridgehead atoms. The number of nitrogens with zero attached hydrogens (tertiary/aromatic N) is 1. The molecule has 2 heteroatoms. The van der Waals surface area contributed by atoms with Gasteiger partial charge in [0.05, 0.1) is 6.10 Å². The maximum Gasteiger partial charge on any atom is 0.0651 e. The molecule has 1 aromatic heterocycles. The van der Waals surface area contributed by atoms with Gasteiger partial charge in [-0.2, -0.15) is 0 Å². The summed E-state index contributed by atoms with van der Waals surface area (Å²) in [5, 5.41) is 10.8. The van der Waals surface area contributed by atoms with Crippen LogP contribution in [0.3, 0.4) is 0 Å². The predicted molar refractivity (Wildman–Crippen MR) is 83.7 cm³/mol. The Hall–Kier alpha value is -0.890. The number of hydrogen-bond donors (Lipinski definition) is 1. The highest BCUT2D eigenvalue weighted by molar-refractivity contribution is 5.15. The Balaban J connectivity index is 2.05. The van der Waals surface area contributed by atoms with Crippen molar-refractivity contribution in [1.29, 1.82) is 0 Å². The van der Waals surface area contributed by atoms with Crippen LogP contribution in [0.4, 0.5) is 0 Å². The van der Waals surface area contributed by atoms with Gasteiger partial charge in [-0.05, 0) is 48.6 Å². The monoisotopic (exact) mass is 275 g/mol. The van der Waals surface area contributed by atoms with Crippen LogP contribution in [0.25, 0.3) is 0 Å². The number of rotatable bonds is 6. The highest BCUT2D eigenvalue weighted by atomic mass is 16.3. The van der Waals surface area contributed by atoms with Gasteiger partial charge in [0, 0.05) is 18.3 Å². The summed E-state index contributed by atoms with van der Waals surface area (Å²) in [6, 6.07) is 4.22. The zero-order chi connectivity index (χ0) is 14.6. The molecule has 0 spiro atoms. The molecule has 1 N–H and O–H groups in total. The van der Waals surface area contributed by atoms with Crippen LogP contribution < -0.4 is 0 Å². The Morgan fingerprint density at radius 1 is 1.25 bits per heavy atom. The van der Waals surface area contributed by atoms with E-state index in [4.69, 9.17) is 0 Å². The average molecular weight is 275 g/mol. The van der Waals surface area contributed by atoms with Crippen molar-refractivity contribution in [3.05, 3.63) is 29.6 Å². The van der Waals surface area contributed by atoms with E-state index in [2.05, 4.69) is 37.9 Å². The SMILES string of the molecule is CCc1ccc(CC(O)C2(CC(C)C)CCCC2)nc1. The second-order valence-corrected chi connectivity index (χ2v) is 6.90. The lowest BCUT2D eigenvalue weighted by Gasteiger charge is -2.36. The fourth-order valence-electron chi connectivity index (χ4n) is 3.77. The molecule has 2 rings (SSSR count). The van der Waals surface area contributed by atoms with E-state index < -0.39 is 0 Å². The molecule has 1 atom stereocenters. The van der Waals surface area contributed by atoms with Crippen molar-refractivity contribution in [3.8, 4) is 0 Å². The topological polar surface area (TPSA) is 33.1 Å². The molecule has 1 heterocycles. The predicted octanol–water partition coefficient (Wildman–Crippen LogP) is 4.15. The van der Waals surface area contributed by atoms with E-state index in [1.54, 1.807) is 0 Å². The van der Waals surface area contributed by atoms with Crippen LogP contribution in [-0.2, 0) is 12.8 Å². The number of aliphatic hydroxyl groups excluding tert-OH is 1. The Bertz CT molecular complexity index is 404. The molecule has 1 fully saturated rings. The van der Waals surface area contributed by atoms with E-state index >= 15 is 0 Å². The van der Waals surface area contributed by atoms with Gasteiger partial charge in [0.2, 0.25) is 0 Å². The molecule has 1 aliphatic rings. The molecule has 1 unspecified atom stereocenters. The summed E-state index contributed by atoms with van der Waals surface area (Å²) in [7, 11) is 0. The van der Waals surface area contributed by atoms with Crippen molar-refractivity contribution in [1.82, 2.24) is 4.98 Å². The summed E-state index contributed by atoms with van der Waals surface area (Å²) in [6.45, 7) is 6.67. The number of hydrogen-bond acceptors (Lipinski definition) is 2. The molecular weight excluding hydrogens is 246 g/mol. The number of aryl methyl sites for hydroxylation is 1. The van der Waals surface area contributed by atoms with Crippen LogP contribution in [0, 0.1) is 11.3 Å². The Morgan fingerprint density at radius 2 is 1.95 bits per heavy atom. The normalized spacial score (nSPS) is 19.4. The molecule has 20 heavy (non-hydrogen) atoms. The van der Waals surface area contributed by atoms with Gasteiger partial charge in [0.15, 0.2) is 0 Å². The Morgan fingerprint density at radius 3 is 2.45 bits per heavy atom. The van der Waals surface area contributed by atoms with E-state index in [0.717, 1.165) is 18.5 Å². The van der Waals surface area contributed by atoms with Crippen LogP contribution >= 0.6 is 0 Å². The summed E-state index contributed by atoms with van der Waals surface area (Å²) in [6.07, 6.45) is 9.47. The van der Waals surface area contributed by atoms with Crippen molar-refractivity contribution in [2.24, 2.45) is 11.3 Å². The highest BCUT2D eigenvalue weighted by Gasteiger charge is 2.40. The lowest BCUT2D eigenvalue weighted by Crippen LogP contribution is -2.35. The smallest absolute Gasteiger partial charge is 0.0651 e. The fourth-order valence-corrected chi connectivity index (χ4v) is 3.77. The quantitative estimate of drug-likeness (QED) is 0.846. The zero-order valence-corrected chi connectivity index (χ0v) is 13.2. The largest absolute Gasteiger partial charge is 0.392 e. The molecular formula is C18H29NO. The van der Waals surface area contributed by atoms with Crippen molar-refractivity contribution < 1.29 is 5.11 Å².